The Morgan fingerprint density at radius 1 is 0.875 bits per heavy atom. The van der Waals surface area contributed by atoms with Crippen LogP contribution >= 0.6 is 7.82 Å². The average molecular weight is 382 g/mol. The van der Waals surface area contributed by atoms with Gasteiger partial charge < -0.3 is 13.9 Å². The van der Waals surface area contributed by atoms with Crippen LogP contribution in [-0.4, -0.2) is 52.8 Å². The zero-order valence-electron chi connectivity index (χ0n) is 11.3. The molecule has 2 aromatic carbocycles. The summed E-state index contributed by atoms with van der Waals surface area (Å²) in [5.41, 5.74) is -0.338. The van der Waals surface area contributed by atoms with Crippen molar-refractivity contribution in [1.29, 1.82) is 0 Å². The van der Waals surface area contributed by atoms with Gasteiger partial charge in [0.05, 0.1) is 9.83 Å². The first-order chi connectivity index (χ1) is 10.8. The van der Waals surface area contributed by atoms with Crippen molar-refractivity contribution < 1.29 is 33.6 Å². The van der Waals surface area contributed by atoms with Gasteiger partial charge in [0.1, 0.15) is 11.5 Å². The maximum absolute atomic E-state index is 11.7. The summed E-state index contributed by atoms with van der Waals surface area (Å²) in [5.74, 6) is -0.303. The van der Waals surface area contributed by atoms with Crippen LogP contribution < -0.4 is 13.9 Å². The van der Waals surface area contributed by atoms with Gasteiger partial charge in [-0.1, -0.05) is 0 Å². The summed E-state index contributed by atoms with van der Waals surface area (Å²) < 4.78 is 21.0. The Morgan fingerprint density at radius 2 is 1.25 bits per heavy atom. The fraction of sp³-hybridized carbons (Fsp3) is 0. The Balaban J connectivity index is 0.00000288. The fourth-order valence-corrected chi connectivity index (χ4v) is 2.34. The first-order valence-electron chi connectivity index (χ1n) is 5.98. The number of rotatable bonds is 6. The van der Waals surface area contributed by atoms with Gasteiger partial charge >= 0.3 is 51.2 Å². The molecule has 0 saturated heterocycles. The summed E-state index contributed by atoms with van der Waals surface area (Å²) >= 11 is 0. The van der Waals surface area contributed by atoms with Crippen molar-refractivity contribution in [2.75, 3.05) is 0 Å². The predicted octanol–water partition coefficient (Wildman–Crippen LogP) is 1.40. The maximum atomic E-state index is 11.7. The third-order valence-corrected chi connectivity index (χ3v) is 3.41. The van der Waals surface area contributed by atoms with Gasteiger partial charge in [-0.05, 0) is 24.3 Å². The molecule has 0 saturated carbocycles. The van der Waals surface area contributed by atoms with Crippen LogP contribution in [0.1, 0.15) is 0 Å². The Morgan fingerprint density at radius 3 is 1.58 bits per heavy atom. The summed E-state index contributed by atoms with van der Waals surface area (Å²) in [5, 5.41) is 19.1. The first-order valence-corrected chi connectivity index (χ1v) is 7.44. The molecule has 0 bridgehead atoms. The van der Waals surface area contributed by atoms with Gasteiger partial charge in [0.2, 0.25) is 0 Å². The first kappa shape index (κ1) is 20.3. The molecule has 2 aromatic rings. The Labute approximate surface area is 164 Å². The van der Waals surface area contributed by atoms with Gasteiger partial charge in [0.15, 0.2) is 0 Å². The Kier molecular flexibility index (Phi) is 7.12. The van der Waals surface area contributed by atoms with Gasteiger partial charge in [-0.25, -0.2) is 9.77 Å². The number of phosphoric acid groups is 1. The third kappa shape index (κ3) is 5.73. The van der Waals surface area contributed by atoms with Gasteiger partial charge in [-0.2, -0.15) is 0 Å². The average Bonchev–Trinajstić information content (AvgIpc) is 2.47. The summed E-state index contributed by atoms with van der Waals surface area (Å²) in [7, 11) is -4.79. The van der Waals surface area contributed by atoms with E-state index < -0.39 is 17.7 Å². The van der Waals surface area contributed by atoms with Gasteiger partial charge in [-0.3, -0.25) is 10.1 Å². The molecule has 0 spiro atoms. The van der Waals surface area contributed by atoms with E-state index in [2.05, 4.69) is 9.05 Å². The predicted molar refractivity (Wildman–Crippen MR) is 82.0 cm³/mol. The molecule has 1 unspecified atom stereocenters. The summed E-state index contributed by atoms with van der Waals surface area (Å²) in [6.07, 6.45) is 0. The number of hydrogen-bond acceptors (Lipinski definition) is 7. The van der Waals surface area contributed by atoms with Crippen LogP contribution in [0, 0.1) is 15.0 Å². The van der Waals surface area contributed by atoms with E-state index in [9.17, 15) is 24.5 Å². The zero-order chi connectivity index (χ0) is 17.0. The minimum atomic E-state index is -4.79. The number of nitro benzene ring substituents is 1. The molecule has 0 aliphatic carbocycles. The van der Waals surface area contributed by atoms with Crippen molar-refractivity contribution >= 4 is 56.9 Å². The van der Waals surface area contributed by atoms with Crippen LogP contribution in [-0.2, 0) is 4.57 Å². The van der Waals surface area contributed by atoms with Crippen LogP contribution in [0.25, 0.3) is 0 Å². The molecule has 0 aliphatic rings. The number of phosphoric ester groups is 1. The van der Waals surface area contributed by atoms with E-state index >= 15 is 0 Å². The molecular weight excluding hydrogens is 371 g/mol. The van der Waals surface area contributed by atoms with Crippen molar-refractivity contribution in [3.8, 4) is 11.5 Å². The van der Waals surface area contributed by atoms with Crippen LogP contribution in [0.15, 0.2) is 48.5 Å². The third-order valence-electron chi connectivity index (χ3n) is 2.54. The summed E-state index contributed by atoms with van der Waals surface area (Å²) in [4.78, 5) is 31.8. The second-order valence-electron chi connectivity index (χ2n) is 4.15. The van der Waals surface area contributed by atoms with E-state index in [1.807, 2.05) is 0 Å². The Hall–Kier alpha value is -1.71. The van der Waals surface area contributed by atoms with E-state index in [1.165, 1.54) is 0 Å². The molecule has 1 N–H and O–H groups in total. The van der Waals surface area contributed by atoms with Gasteiger partial charge in [0, 0.05) is 24.3 Å². The number of benzene rings is 2. The van der Waals surface area contributed by atoms with Crippen LogP contribution in [0.3, 0.4) is 0 Å². The van der Waals surface area contributed by atoms with Crippen LogP contribution in [0.2, 0.25) is 0 Å². The van der Waals surface area contributed by atoms with E-state index in [0.29, 0.717) is 0 Å². The molecule has 0 aromatic heterocycles. The molecular formula is C12H11CaN2O8P. The van der Waals surface area contributed by atoms with Crippen molar-refractivity contribution in [2.24, 2.45) is 0 Å². The monoisotopic (exact) mass is 382 g/mol. The van der Waals surface area contributed by atoms with Crippen molar-refractivity contribution in [1.82, 2.24) is 0 Å². The summed E-state index contributed by atoms with van der Waals surface area (Å²) in [6.45, 7) is 0. The quantitative estimate of drug-likeness (QED) is 0.342. The summed E-state index contributed by atoms with van der Waals surface area (Å²) in [6, 6.07) is 8.91. The van der Waals surface area contributed by atoms with Gasteiger partial charge in [-0.15, -0.1) is 0 Å². The Bertz CT molecular complexity index is 717. The number of nitrogens with zero attached hydrogens (tertiary/aromatic N) is 2. The number of nitro groups is 1. The molecule has 0 aliphatic heterocycles. The van der Waals surface area contributed by atoms with Crippen LogP contribution in [0.4, 0.5) is 11.4 Å². The second-order valence-corrected chi connectivity index (χ2v) is 5.41. The fourth-order valence-electron chi connectivity index (χ4n) is 1.54. The molecule has 1 atom stereocenters. The van der Waals surface area contributed by atoms with E-state index in [4.69, 9.17) is 5.21 Å². The second kappa shape index (κ2) is 8.41. The van der Waals surface area contributed by atoms with E-state index in [-0.39, 0.29) is 60.6 Å². The molecule has 10 nitrogen and oxygen atoms in total. The molecule has 0 fully saturated rings. The number of non-ortho nitro benzene ring substituents is 1. The minimum absolute atomic E-state index is 0. The van der Waals surface area contributed by atoms with Crippen molar-refractivity contribution in [2.45, 2.75) is 0 Å². The van der Waals surface area contributed by atoms with Crippen molar-refractivity contribution in [3.05, 3.63) is 63.6 Å². The van der Waals surface area contributed by atoms with Crippen molar-refractivity contribution in [3.63, 3.8) is 0 Å². The zero-order valence-corrected chi connectivity index (χ0v) is 12.2. The molecule has 2 rings (SSSR count). The molecule has 0 amide bonds. The molecule has 12 heteroatoms. The molecule has 124 valence electrons. The molecule has 0 heterocycles. The topological polar surface area (TPSA) is 142 Å². The standard InChI is InChI=1S/C12H9N2O8P.Ca.2H/c15-13(16)9-1-5-11(6-2-9)21-23(19,20)22-12-7-3-10(4-8-12)14(17)18;;;/h1-8H,(H-,15,16,19,20);;;. The molecule has 0 radical (unpaired) electrons. The SMILES string of the molecule is O=[N+]([O-])c1ccc(OP(=O)([O-])Oc2ccc([N+](=O)O)cc2)cc1.[CaH2]. The molecule has 24 heavy (non-hydrogen) atoms. The van der Waals surface area contributed by atoms with E-state index in [1.54, 1.807) is 0 Å². The van der Waals surface area contributed by atoms with E-state index in [0.717, 1.165) is 48.5 Å². The number of hydrogen-bond donors (Lipinski definition) is 1. The van der Waals surface area contributed by atoms with Gasteiger partial charge in [0.25, 0.3) is 10.6 Å². The normalized spacial score (nSPS) is 12.4. The van der Waals surface area contributed by atoms with Crippen LogP contribution in [0.5, 0.6) is 11.5 Å².